The predicted octanol–water partition coefficient (Wildman–Crippen LogP) is 3.14. The van der Waals surface area contributed by atoms with Gasteiger partial charge in [-0.15, -0.1) is 10.2 Å². The highest BCUT2D eigenvalue weighted by atomic mass is 32.2. The van der Waals surface area contributed by atoms with Crippen molar-refractivity contribution in [1.82, 2.24) is 14.6 Å². The molecule has 0 unspecified atom stereocenters. The normalized spacial score (nSPS) is 11.4. The first-order valence-corrected chi connectivity index (χ1v) is 10.5. The van der Waals surface area contributed by atoms with Crippen molar-refractivity contribution in [2.45, 2.75) is 11.4 Å². The average Bonchev–Trinajstić information content (AvgIpc) is 3.25. The zero-order chi connectivity index (χ0) is 21.1. The molecule has 0 saturated carbocycles. The second-order valence-electron chi connectivity index (χ2n) is 6.52. The van der Waals surface area contributed by atoms with Gasteiger partial charge in [-0.25, -0.2) is 8.42 Å². The number of pyridine rings is 1. The van der Waals surface area contributed by atoms with E-state index < -0.39 is 10.0 Å². The Morgan fingerprint density at radius 3 is 2.47 bits per heavy atom. The van der Waals surface area contributed by atoms with E-state index in [-0.39, 0.29) is 11.4 Å². The van der Waals surface area contributed by atoms with Crippen LogP contribution in [0, 0.1) is 0 Å². The number of nitrogens with zero attached hydrogens (tertiary/aromatic N) is 4. The Morgan fingerprint density at radius 1 is 0.967 bits per heavy atom. The summed E-state index contributed by atoms with van der Waals surface area (Å²) in [6, 6.07) is 17.4. The van der Waals surface area contributed by atoms with E-state index in [2.05, 4.69) is 10.2 Å². The van der Waals surface area contributed by atoms with Gasteiger partial charge in [-0.1, -0.05) is 12.1 Å². The van der Waals surface area contributed by atoms with Crippen molar-refractivity contribution in [3.05, 3.63) is 78.8 Å². The molecule has 0 atom stereocenters. The molecule has 9 heteroatoms. The second-order valence-corrected chi connectivity index (χ2v) is 8.38. The molecule has 0 bridgehead atoms. The van der Waals surface area contributed by atoms with E-state index in [1.54, 1.807) is 49.0 Å². The van der Waals surface area contributed by atoms with Crippen LogP contribution >= 0.6 is 0 Å². The number of sulfonamides is 1. The third kappa shape index (κ3) is 3.79. The molecule has 0 spiro atoms. The highest BCUT2D eigenvalue weighted by Crippen LogP contribution is 2.28. The summed E-state index contributed by atoms with van der Waals surface area (Å²) in [7, 11) is -0.747. The summed E-state index contributed by atoms with van der Waals surface area (Å²) in [6.07, 6.45) is 2.97. The number of ether oxygens (including phenoxy) is 2. The highest BCUT2D eigenvalue weighted by molar-refractivity contribution is 7.92. The fourth-order valence-corrected chi connectivity index (χ4v) is 4.55. The largest absolute Gasteiger partial charge is 0.497 e. The minimum Gasteiger partial charge on any atom is -0.497 e. The minimum atomic E-state index is -3.89. The van der Waals surface area contributed by atoms with Crippen molar-refractivity contribution in [2.75, 3.05) is 18.5 Å². The maximum Gasteiger partial charge on any atom is 0.266 e. The van der Waals surface area contributed by atoms with Gasteiger partial charge in [0.05, 0.1) is 26.5 Å². The van der Waals surface area contributed by atoms with Crippen LogP contribution in [0.5, 0.6) is 11.5 Å². The molecule has 2 heterocycles. The fourth-order valence-electron chi connectivity index (χ4n) is 3.09. The molecule has 0 fully saturated rings. The van der Waals surface area contributed by atoms with Crippen molar-refractivity contribution in [1.29, 1.82) is 0 Å². The zero-order valence-corrected chi connectivity index (χ0v) is 17.3. The van der Waals surface area contributed by atoms with E-state index in [0.29, 0.717) is 22.8 Å². The lowest BCUT2D eigenvalue weighted by atomic mass is 10.2. The molecule has 0 saturated heterocycles. The maximum absolute atomic E-state index is 13.6. The number of hydrogen-bond donors (Lipinski definition) is 0. The van der Waals surface area contributed by atoms with Crippen molar-refractivity contribution >= 4 is 21.4 Å². The number of aromatic nitrogens is 3. The van der Waals surface area contributed by atoms with Crippen LogP contribution in [-0.2, 0) is 16.6 Å². The van der Waals surface area contributed by atoms with Gasteiger partial charge < -0.3 is 9.47 Å². The van der Waals surface area contributed by atoms with Gasteiger partial charge >= 0.3 is 0 Å². The summed E-state index contributed by atoms with van der Waals surface area (Å²) in [5.74, 6) is 1.30. The monoisotopic (exact) mass is 424 g/mol. The molecule has 0 radical (unpaired) electrons. The molecule has 0 aliphatic heterocycles. The second kappa shape index (κ2) is 8.03. The summed E-state index contributed by atoms with van der Waals surface area (Å²) in [4.78, 5) is 0.133. The topological polar surface area (TPSA) is 86.0 Å². The molecule has 2 aromatic heterocycles. The van der Waals surface area contributed by atoms with Gasteiger partial charge in [0.2, 0.25) is 0 Å². The summed E-state index contributed by atoms with van der Waals surface area (Å²) >= 11 is 0. The lowest BCUT2D eigenvalue weighted by Gasteiger charge is -2.25. The first-order valence-electron chi connectivity index (χ1n) is 9.10. The Morgan fingerprint density at radius 2 is 1.73 bits per heavy atom. The van der Waals surface area contributed by atoms with Gasteiger partial charge in [0, 0.05) is 6.20 Å². The van der Waals surface area contributed by atoms with Crippen LogP contribution in [0.15, 0.2) is 78.1 Å². The lowest BCUT2D eigenvalue weighted by Crippen LogP contribution is -2.30. The van der Waals surface area contributed by atoms with Crippen LogP contribution in [0.2, 0.25) is 0 Å². The number of anilines is 1. The van der Waals surface area contributed by atoms with E-state index in [9.17, 15) is 8.42 Å². The number of methoxy groups -OCH3 is 2. The van der Waals surface area contributed by atoms with Crippen LogP contribution in [0.3, 0.4) is 0 Å². The third-order valence-corrected chi connectivity index (χ3v) is 6.43. The lowest BCUT2D eigenvalue weighted by molar-refractivity contribution is 0.414. The van der Waals surface area contributed by atoms with E-state index in [4.69, 9.17) is 9.47 Å². The Bertz CT molecular complexity index is 1270. The van der Waals surface area contributed by atoms with Crippen LogP contribution in [0.25, 0.3) is 5.65 Å². The van der Waals surface area contributed by atoms with Gasteiger partial charge in [-0.05, 0) is 54.1 Å². The fraction of sp³-hybridized carbons (Fsp3) is 0.143. The van der Waals surface area contributed by atoms with Crippen molar-refractivity contribution in [2.24, 2.45) is 0 Å². The Hall–Kier alpha value is -3.59. The van der Waals surface area contributed by atoms with E-state index in [1.165, 1.54) is 22.9 Å². The van der Waals surface area contributed by atoms with Crippen LogP contribution in [0.1, 0.15) is 5.56 Å². The standard InChI is InChI=1S/C21H20N4O4S/c1-28-18-8-6-17(7-9-18)25(13-16-4-3-5-19(12-16)29-2)30(26,27)20-10-11-21-23-22-15-24(21)14-20/h3-12,14-15H,13H2,1-2H3. The molecule has 0 amide bonds. The molecule has 2 aromatic carbocycles. The first-order chi connectivity index (χ1) is 14.5. The Labute approximate surface area is 174 Å². The van der Waals surface area contributed by atoms with Gasteiger partial charge in [0.15, 0.2) is 5.65 Å². The Kier molecular flexibility index (Phi) is 5.28. The third-order valence-electron chi connectivity index (χ3n) is 4.67. The smallest absolute Gasteiger partial charge is 0.266 e. The van der Waals surface area contributed by atoms with Gasteiger partial charge in [0.25, 0.3) is 10.0 Å². The molecule has 0 aliphatic carbocycles. The van der Waals surface area contributed by atoms with Crippen LogP contribution in [0.4, 0.5) is 5.69 Å². The predicted molar refractivity (Wildman–Crippen MR) is 112 cm³/mol. The molecule has 8 nitrogen and oxygen atoms in total. The molecular formula is C21H20N4O4S. The minimum absolute atomic E-state index is 0.131. The molecule has 4 aromatic rings. The number of benzene rings is 2. The van der Waals surface area contributed by atoms with Crippen LogP contribution < -0.4 is 13.8 Å². The molecule has 0 N–H and O–H groups in total. The molecule has 4 rings (SSSR count). The van der Waals surface area contributed by atoms with Gasteiger partial charge in [-0.3, -0.25) is 8.71 Å². The van der Waals surface area contributed by atoms with E-state index in [1.807, 2.05) is 24.3 Å². The van der Waals surface area contributed by atoms with E-state index >= 15 is 0 Å². The Balaban J connectivity index is 1.79. The van der Waals surface area contributed by atoms with Crippen LogP contribution in [-0.4, -0.2) is 37.2 Å². The molecule has 154 valence electrons. The van der Waals surface area contributed by atoms with Gasteiger partial charge in [0.1, 0.15) is 22.7 Å². The highest BCUT2D eigenvalue weighted by Gasteiger charge is 2.26. The number of fused-ring (bicyclic) bond motifs is 1. The van der Waals surface area contributed by atoms with Crippen molar-refractivity contribution < 1.29 is 17.9 Å². The summed E-state index contributed by atoms with van der Waals surface area (Å²) in [5, 5.41) is 7.74. The molecule has 0 aliphatic rings. The first kappa shape index (κ1) is 19.7. The average molecular weight is 424 g/mol. The SMILES string of the molecule is COc1ccc(N(Cc2cccc(OC)c2)S(=O)(=O)c2ccc3nncn3c2)cc1. The summed E-state index contributed by atoms with van der Waals surface area (Å²) in [6.45, 7) is 0.131. The molecular weight excluding hydrogens is 404 g/mol. The van der Waals surface area contributed by atoms with E-state index in [0.717, 1.165) is 5.56 Å². The van der Waals surface area contributed by atoms with Gasteiger partial charge in [-0.2, -0.15) is 0 Å². The zero-order valence-electron chi connectivity index (χ0n) is 16.5. The van der Waals surface area contributed by atoms with Crippen molar-refractivity contribution in [3.63, 3.8) is 0 Å². The maximum atomic E-state index is 13.6. The van der Waals surface area contributed by atoms with Crippen molar-refractivity contribution in [3.8, 4) is 11.5 Å². The number of rotatable bonds is 7. The molecule has 30 heavy (non-hydrogen) atoms. The number of hydrogen-bond acceptors (Lipinski definition) is 6. The quantitative estimate of drug-likeness (QED) is 0.453. The summed E-state index contributed by atoms with van der Waals surface area (Å²) in [5.41, 5.74) is 1.87. The summed E-state index contributed by atoms with van der Waals surface area (Å²) < 4.78 is 40.7.